The summed E-state index contributed by atoms with van der Waals surface area (Å²) in [6.45, 7) is 1.25. The van der Waals surface area contributed by atoms with Gasteiger partial charge in [0.25, 0.3) is 0 Å². The molecule has 1 unspecified atom stereocenters. The maximum absolute atomic E-state index is 12.5. The Kier molecular flexibility index (Phi) is 5.68. The van der Waals surface area contributed by atoms with E-state index in [0.717, 1.165) is 24.9 Å². The highest BCUT2D eigenvalue weighted by atomic mass is 16.2. The maximum atomic E-state index is 12.5. The molecule has 0 aromatic heterocycles. The molecule has 3 rings (SSSR count). The number of carbonyl (C=O) groups excluding carboxylic acids is 2. The third kappa shape index (κ3) is 4.25. The van der Waals surface area contributed by atoms with Gasteiger partial charge < -0.3 is 10.2 Å². The zero-order valence-electron chi connectivity index (χ0n) is 14.2. The normalized spacial score (nSPS) is 20.1. The summed E-state index contributed by atoms with van der Waals surface area (Å²) in [7, 11) is 0. The van der Waals surface area contributed by atoms with Gasteiger partial charge in [-0.1, -0.05) is 36.4 Å². The summed E-state index contributed by atoms with van der Waals surface area (Å²) in [5.41, 5.74) is 2.24. The van der Waals surface area contributed by atoms with Crippen LogP contribution in [0, 0.1) is 5.92 Å². The van der Waals surface area contributed by atoms with E-state index in [-0.39, 0.29) is 11.8 Å². The SMILES string of the molecule is O=C(Cc1ccccc1)NCCC(=O)N1CCCC2CCCC=C21. The van der Waals surface area contributed by atoms with Crippen LogP contribution < -0.4 is 5.32 Å². The minimum absolute atomic E-state index is 0.0256. The largest absolute Gasteiger partial charge is 0.355 e. The Labute approximate surface area is 143 Å². The third-order valence-corrected chi connectivity index (χ3v) is 4.94. The highest BCUT2D eigenvalue weighted by Gasteiger charge is 2.29. The van der Waals surface area contributed by atoms with Crippen LogP contribution >= 0.6 is 0 Å². The van der Waals surface area contributed by atoms with Crippen LogP contribution in [0.5, 0.6) is 0 Å². The van der Waals surface area contributed by atoms with Crippen LogP contribution in [0.3, 0.4) is 0 Å². The molecule has 1 aliphatic carbocycles. The second-order valence-corrected chi connectivity index (χ2v) is 6.71. The summed E-state index contributed by atoms with van der Waals surface area (Å²) < 4.78 is 0. The van der Waals surface area contributed by atoms with Gasteiger partial charge >= 0.3 is 0 Å². The molecule has 1 aromatic rings. The summed E-state index contributed by atoms with van der Waals surface area (Å²) in [6.07, 6.45) is 8.84. The first kappa shape index (κ1) is 16.7. The van der Waals surface area contributed by atoms with E-state index in [1.54, 1.807) is 0 Å². The summed E-state index contributed by atoms with van der Waals surface area (Å²) in [6, 6.07) is 9.67. The molecular weight excluding hydrogens is 300 g/mol. The van der Waals surface area contributed by atoms with E-state index in [9.17, 15) is 9.59 Å². The average Bonchev–Trinajstić information content (AvgIpc) is 2.62. The fraction of sp³-hybridized carbons (Fsp3) is 0.500. The summed E-state index contributed by atoms with van der Waals surface area (Å²) in [5.74, 6) is 0.694. The molecule has 1 N–H and O–H groups in total. The lowest BCUT2D eigenvalue weighted by atomic mass is 9.85. The molecule has 2 amide bonds. The number of fused-ring (bicyclic) bond motifs is 1. The Balaban J connectivity index is 1.45. The Morgan fingerprint density at radius 2 is 1.92 bits per heavy atom. The minimum atomic E-state index is -0.0256. The molecule has 0 radical (unpaired) electrons. The number of nitrogens with zero attached hydrogens (tertiary/aromatic N) is 1. The Morgan fingerprint density at radius 3 is 2.75 bits per heavy atom. The van der Waals surface area contributed by atoms with E-state index in [1.165, 1.54) is 25.0 Å². The van der Waals surface area contributed by atoms with Crippen LogP contribution in [0.2, 0.25) is 0 Å². The van der Waals surface area contributed by atoms with Crippen LogP contribution in [0.25, 0.3) is 0 Å². The summed E-state index contributed by atoms with van der Waals surface area (Å²) >= 11 is 0. The van der Waals surface area contributed by atoms with Gasteiger partial charge in [-0.2, -0.15) is 0 Å². The number of hydrogen-bond acceptors (Lipinski definition) is 2. The minimum Gasteiger partial charge on any atom is -0.355 e. The Morgan fingerprint density at radius 1 is 1.12 bits per heavy atom. The smallest absolute Gasteiger partial charge is 0.228 e. The van der Waals surface area contributed by atoms with Gasteiger partial charge in [0.05, 0.1) is 6.42 Å². The van der Waals surface area contributed by atoms with Crippen molar-refractivity contribution in [1.82, 2.24) is 10.2 Å². The molecule has 0 saturated carbocycles. The first-order valence-corrected chi connectivity index (χ1v) is 9.05. The van der Waals surface area contributed by atoms with Gasteiger partial charge in [0.2, 0.25) is 11.8 Å². The van der Waals surface area contributed by atoms with Crippen molar-refractivity contribution in [3.8, 4) is 0 Å². The number of piperidine rings is 1. The molecule has 2 aliphatic rings. The quantitative estimate of drug-likeness (QED) is 0.904. The monoisotopic (exact) mass is 326 g/mol. The van der Waals surface area contributed by atoms with Crippen LogP contribution in [0.1, 0.15) is 44.1 Å². The van der Waals surface area contributed by atoms with Crippen LogP contribution in [-0.2, 0) is 16.0 Å². The van der Waals surface area contributed by atoms with Crippen molar-refractivity contribution in [3.63, 3.8) is 0 Å². The molecule has 4 heteroatoms. The van der Waals surface area contributed by atoms with Gasteiger partial charge in [0.1, 0.15) is 0 Å². The van der Waals surface area contributed by atoms with Gasteiger partial charge in [-0.3, -0.25) is 9.59 Å². The van der Waals surface area contributed by atoms with Crippen molar-refractivity contribution in [1.29, 1.82) is 0 Å². The number of rotatable bonds is 5. The van der Waals surface area contributed by atoms with Crippen molar-refractivity contribution in [2.75, 3.05) is 13.1 Å². The molecule has 1 saturated heterocycles. The molecule has 1 aromatic carbocycles. The van der Waals surface area contributed by atoms with Crippen LogP contribution in [0.15, 0.2) is 42.1 Å². The standard InChI is InChI=1S/C20H26N2O2/c23-19(15-16-7-2-1-3-8-16)21-13-12-20(24)22-14-6-10-17-9-4-5-11-18(17)22/h1-3,7-8,11,17H,4-6,9-10,12-15H2,(H,21,23). The van der Waals surface area contributed by atoms with E-state index >= 15 is 0 Å². The number of allylic oxidation sites excluding steroid dienone is 2. The molecule has 24 heavy (non-hydrogen) atoms. The summed E-state index contributed by atoms with van der Waals surface area (Å²) in [4.78, 5) is 26.4. The molecule has 1 aliphatic heterocycles. The molecule has 1 atom stereocenters. The van der Waals surface area contributed by atoms with E-state index in [2.05, 4.69) is 11.4 Å². The topological polar surface area (TPSA) is 49.4 Å². The van der Waals surface area contributed by atoms with Gasteiger partial charge in [0, 0.05) is 25.2 Å². The first-order valence-electron chi connectivity index (χ1n) is 9.05. The molecular formula is C20H26N2O2. The average molecular weight is 326 g/mol. The molecule has 4 nitrogen and oxygen atoms in total. The van der Waals surface area contributed by atoms with Crippen molar-refractivity contribution < 1.29 is 9.59 Å². The van der Waals surface area contributed by atoms with Crippen molar-refractivity contribution in [3.05, 3.63) is 47.7 Å². The lowest BCUT2D eigenvalue weighted by molar-refractivity contribution is -0.130. The number of amides is 2. The van der Waals surface area contributed by atoms with Crippen molar-refractivity contribution in [2.45, 2.75) is 44.9 Å². The van der Waals surface area contributed by atoms with Gasteiger partial charge in [-0.25, -0.2) is 0 Å². The predicted molar refractivity (Wildman–Crippen MR) is 94.1 cm³/mol. The Hall–Kier alpha value is -2.10. The number of nitrogens with one attached hydrogen (secondary N) is 1. The highest BCUT2D eigenvalue weighted by molar-refractivity contribution is 5.81. The summed E-state index contributed by atoms with van der Waals surface area (Å²) in [5, 5.41) is 2.87. The second-order valence-electron chi connectivity index (χ2n) is 6.71. The first-order chi connectivity index (χ1) is 11.7. The zero-order valence-corrected chi connectivity index (χ0v) is 14.2. The Bertz CT molecular complexity index is 609. The third-order valence-electron chi connectivity index (χ3n) is 4.94. The number of benzene rings is 1. The molecule has 128 valence electrons. The second kappa shape index (κ2) is 8.13. The molecule has 1 fully saturated rings. The van der Waals surface area contributed by atoms with Crippen molar-refractivity contribution in [2.24, 2.45) is 5.92 Å². The lowest BCUT2D eigenvalue weighted by Crippen LogP contribution is -2.40. The molecule has 0 bridgehead atoms. The molecule has 0 spiro atoms. The van der Waals surface area contributed by atoms with Crippen LogP contribution in [0.4, 0.5) is 0 Å². The van der Waals surface area contributed by atoms with Crippen molar-refractivity contribution >= 4 is 11.8 Å². The maximum Gasteiger partial charge on any atom is 0.228 e. The van der Waals surface area contributed by atoms with Crippen LogP contribution in [-0.4, -0.2) is 29.8 Å². The van der Waals surface area contributed by atoms with E-state index in [1.807, 2.05) is 35.2 Å². The predicted octanol–water partition coefficient (Wildman–Crippen LogP) is 3.04. The molecule has 1 heterocycles. The fourth-order valence-corrected chi connectivity index (χ4v) is 3.73. The van der Waals surface area contributed by atoms with Gasteiger partial charge in [-0.15, -0.1) is 0 Å². The highest BCUT2D eigenvalue weighted by Crippen LogP contribution is 2.35. The van der Waals surface area contributed by atoms with E-state index < -0.39 is 0 Å². The van der Waals surface area contributed by atoms with Gasteiger partial charge in [-0.05, 0) is 43.6 Å². The number of hydrogen-bond donors (Lipinski definition) is 1. The number of carbonyl (C=O) groups is 2. The van der Waals surface area contributed by atoms with Gasteiger partial charge in [0.15, 0.2) is 0 Å². The zero-order chi connectivity index (χ0) is 16.8. The van der Waals surface area contributed by atoms with E-state index in [4.69, 9.17) is 0 Å². The van der Waals surface area contributed by atoms with E-state index in [0.29, 0.717) is 25.3 Å². The number of likely N-dealkylation sites (tertiary alicyclic amines) is 1. The lowest BCUT2D eigenvalue weighted by Gasteiger charge is -2.38. The fourth-order valence-electron chi connectivity index (χ4n) is 3.73.